The van der Waals surface area contributed by atoms with Gasteiger partial charge in [-0.2, -0.15) is 13.2 Å². The highest BCUT2D eigenvalue weighted by Crippen LogP contribution is 2.41. The van der Waals surface area contributed by atoms with Crippen LogP contribution in [0.2, 0.25) is 0 Å². The molecule has 3 aliphatic heterocycles. The molecule has 10 heteroatoms. The Labute approximate surface area is 213 Å². The van der Waals surface area contributed by atoms with Gasteiger partial charge in [-0.25, -0.2) is 4.98 Å². The molecule has 3 fully saturated rings. The van der Waals surface area contributed by atoms with E-state index in [0.717, 1.165) is 43.7 Å². The molecule has 2 amide bonds. The summed E-state index contributed by atoms with van der Waals surface area (Å²) in [5, 5.41) is 2.81. The van der Waals surface area contributed by atoms with E-state index in [0.29, 0.717) is 42.6 Å². The average molecular weight is 515 g/mol. The first-order valence-corrected chi connectivity index (χ1v) is 12.9. The molecule has 4 aliphatic rings. The quantitative estimate of drug-likeness (QED) is 0.631. The van der Waals surface area contributed by atoms with Crippen LogP contribution in [0.4, 0.5) is 24.5 Å². The number of rotatable bonds is 4. The van der Waals surface area contributed by atoms with E-state index in [1.807, 2.05) is 17.0 Å². The molecule has 1 saturated carbocycles. The van der Waals surface area contributed by atoms with Crippen LogP contribution in [-0.2, 0) is 17.5 Å². The normalized spacial score (nSPS) is 27.1. The fourth-order valence-electron chi connectivity index (χ4n) is 6.16. The van der Waals surface area contributed by atoms with Gasteiger partial charge in [-0.1, -0.05) is 13.0 Å². The molecule has 4 heterocycles. The monoisotopic (exact) mass is 514 g/mol. The van der Waals surface area contributed by atoms with Gasteiger partial charge in [-0.3, -0.25) is 9.59 Å². The molecule has 2 saturated heterocycles. The van der Waals surface area contributed by atoms with E-state index < -0.39 is 17.8 Å². The molecule has 2 aromatic rings. The van der Waals surface area contributed by atoms with Gasteiger partial charge in [0.25, 0.3) is 11.8 Å². The zero-order valence-corrected chi connectivity index (χ0v) is 20.6. The highest BCUT2D eigenvalue weighted by Gasteiger charge is 2.42. The van der Waals surface area contributed by atoms with E-state index in [1.165, 1.54) is 12.1 Å². The molecule has 0 spiro atoms. The lowest BCUT2D eigenvalue weighted by Crippen LogP contribution is -2.38. The van der Waals surface area contributed by atoms with Crippen molar-refractivity contribution in [2.45, 2.75) is 69.9 Å². The molecule has 1 aromatic heterocycles. The van der Waals surface area contributed by atoms with Crippen LogP contribution in [0.3, 0.4) is 0 Å². The van der Waals surface area contributed by atoms with Crippen LogP contribution in [0.15, 0.2) is 30.3 Å². The Bertz CT molecular complexity index is 1240. The number of anilines is 2. The van der Waals surface area contributed by atoms with Crippen LogP contribution in [0, 0.1) is 5.92 Å². The summed E-state index contributed by atoms with van der Waals surface area (Å²) in [6, 6.07) is 7.25. The highest BCUT2D eigenvalue weighted by atomic mass is 19.4. The van der Waals surface area contributed by atoms with Gasteiger partial charge < -0.3 is 19.9 Å². The fraction of sp³-hybridized carbons (Fsp3) is 0.519. The van der Waals surface area contributed by atoms with E-state index in [1.54, 1.807) is 0 Å². The van der Waals surface area contributed by atoms with Crippen LogP contribution < -0.4 is 10.2 Å². The van der Waals surface area contributed by atoms with Gasteiger partial charge in [0.2, 0.25) is 0 Å². The number of morpholine rings is 1. The first kappa shape index (κ1) is 24.2. The largest absolute Gasteiger partial charge is 0.433 e. The Morgan fingerprint density at radius 1 is 1.11 bits per heavy atom. The zero-order chi connectivity index (χ0) is 25.9. The summed E-state index contributed by atoms with van der Waals surface area (Å²) in [5.41, 5.74) is 1.19. The molecule has 37 heavy (non-hydrogen) atoms. The minimum atomic E-state index is -4.65. The van der Waals surface area contributed by atoms with E-state index in [-0.39, 0.29) is 29.8 Å². The Kier molecular flexibility index (Phi) is 5.89. The molecule has 0 unspecified atom stereocenters. The number of alkyl halides is 3. The summed E-state index contributed by atoms with van der Waals surface area (Å²) in [7, 11) is 0. The van der Waals surface area contributed by atoms with Crippen LogP contribution in [0.1, 0.15) is 71.1 Å². The Hall–Kier alpha value is -3.14. The van der Waals surface area contributed by atoms with Crippen molar-refractivity contribution < 1.29 is 27.5 Å². The molecule has 1 aliphatic carbocycles. The minimum Gasteiger partial charge on any atom is -0.374 e. The number of pyridine rings is 1. The SMILES string of the molecule is CC1CCC(N2Cc3cc(NC(=O)c4cccc(C(F)(F)F)n4)c(N4C[C@H]5C[C@@H]4CO5)cc3C2=O)CC1. The summed E-state index contributed by atoms with van der Waals surface area (Å²) < 4.78 is 45.2. The fourth-order valence-corrected chi connectivity index (χ4v) is 6.16. The maximum absolute atomic E-state index is 13.5. The Morgan fingerprint density at radius 3 is 2.57 bits per heavy atom. The van der Waals surface area contributed by atoms with Gasteiger partial charge in [0.05, 0.1) is 30.1 Å². The van der Waals surface area contributed by atoms with Crippen molar-refractivity contribution in [2.75, 3.05) is 23.4 Å². The Morgan fingerprint density at radius 2 is 1.89 bits per heavy atom. The number of amides is 2. The molecule has 2 atom stereocenters. The van der Waals surface area contributed by atoms with Gasteiger partial charge in [-0.15, -0.1) is 0 Å². The number of fused-ring (bicyclic) bond motifs is 3. The van der Waals surface area contributed by atoms with E-state index >= 15 is 0 Å². The number of hydrogen-bond acceptors (Lipinski definition) is 5. The van der Waals surface area contributed by atoms with E-state index in [2.05, 4.69) is 22.1 Å². The number of hydrogen-bond donors (Lipinski definition) is 1. The van der Waals surface area contributed by atoms with Crippen molar-refractivity contribution in [2.24, 2.45) is 5.92 Å². The Balaban J connectivity index is 1.32. The average Bonchev–Trinajstić information content (AvgIpc) is 3.59. The minimum absolute atomic E-state index is 0.00818. The summed E-state index contributed by atoms with van der Waals surface area (Å²) in [5.74, 6) is -0.0498. The molecule has 196 valence electrons. The third-order valence-electron chi connectivity index (χ3n) is 8.21. The maximum Gasteiger partial charge on any atom is 0.433 e. The number of aromatic nitrogens is 1. The second-order valence-corrected chi connectivity index (χ2v) is 10.7. The lowest BCUT2D eigenvalue weighted by molar-refractivity contribution is -0.141. The summed E-state index contributed by atoms with van der Waals surface area (Å²) in [6.45, 7) is 3.90. The van der Waals surface area contributed by atoms with Gasteiger partial charge in [0, 0.05) is 24.7 Å². The standard InChI is InChI=1S/C27H29F3N4O3/c1-15-5-7-17(8-6-15)34-12-16-9-22(32-25(35)21-3-2-4-24(31-21)27(28,29)30)23(11-20(16)26(34)36)33-13-19-10-18(33)14-37-19/h2-4,9,11,15,17-19H,5-8,10,12-14H2,1H3,(H,32,35)/t15?,17?,18-,19-/m1/s1. The molecule has 1 N–H and O–H groups in total. The molecule has 0 radical (unpaired) electrons. The van der Waals surface area contributed by atoms with Crippen molar-refractivity contribution in [1.29, 1.82) is 0 Å². The molecule has 7 nitrogen and oxygen atoms in total. The topological polar surface area (TPSA) is 74.8 Å². The summed E-state index contributed by atoms with van der Waals surface area (Å²) in [4.78, 5) is 34.2. The second-order valence-electron chi connectivity index (χ2n) is 10.7. The number of nitrogens with zero attached hydrogens (tertiary/aromatic N) is 3. The van der Waals surface area contributed by atoms with Crippen LogP contribution >= 0.6 is 0 Å². The van der Waals surface area contributed by atoms with Crippen LogP contribution in [0.5, 0.6) is 0 Å². The molecule has 6 rings (SSSR count). The zero-order valence-electron chi connectivity index (χ0n) is 20.6. The van der Waals surface area contributed by atoms with E-state index in [4.69, 9.17) is 4.74 Å². The van der Waals surface area contributed by atoms with Crippen molar-refractivity contribution in [3.63, 3.8) is 0 Å². The number of carbonyl (C=O) groups excluding carboxylic acids is 2. The third kappa shape index (κ3) is 4.45. The van der Waals surface area contributed by atoms with Gasteiger partial charge >= 0.3 is 6.18 Å². The van der Waals surface area contributed by atoms with E-state index in [9.17, 15) is 22.8 Å². The lowest BCUT2D eigenvalue weighted by atomic mass is 9.86. The predicted molar refractivity (Wildman–Crippen MR) is 130 cm³/mol. The van der Waals surface area contributed by atoms with Crippen molar-refractivity contribution in [1.82, 2.24) is 9.88 Å². The third-order valence-corrected chi connectivity index (χ3v) is 8.21. The van der Waals surface area contributed by atoms with Gasteiger partial charge in [0.1, 0.15) is 11.4 Å². The molecule has 1 aromatic carbocycles. The second kappa shape index (κ2) is 9.01. The number of benzene rings is 1. The first-order valence-electron chi connectivity index (χ1n) is 12.9. The van der Waals surface area contributed by atoms with Crippen molar-refractivity contribution in [3.05, 3.63) is 52.8 Å². The number of halogens is 3. The number of carbonyl (C=O) groups is 2. The highest BCUT2D eigenvalue weighted by molar-refractivity contribution is 6.07. The van der Waals surface area contributed by atoms with Gasteiger partial charge in [0.15, 0.2) is 0 Å². The molecular weight excluding hydrogens is 485 g/mol. The molecule has 2 bridgehead atoms. The van der Waals surface area contributed by atoms with Crippen molar-refractivity contribution >= 4 is 23.2 Å². The van der Waals surface area contributed by atoms with Crippen molar-refractivity contribution in [3.8, 4) is 0 Å². The smallest absolute Gasteiger partial charge is 0.374 e. The number of ether oxygens (including phenoxy) is 1. The number of nitrogens with one attached hydrogen (secondary N) is 1. The summed E-state index contributed by atoms with van der Waals surface area (Å²) >= 11 is 0. The maximum atomic E-state index is 13.5. The predicted octanol–water partition coefficient (Wildman–Crippen LogP) is 4.86. The lowest BCUT2D eigenvalue weighted by Gasteiger charge is -2.33. The molecular formula is C27H29F3N4O3. The van der Waals surface area contributed by atoms with Gasteiger partial charge in [-0.05, 0) is 67.9 Å². The first-order chi connectivity index (χ1) is 17.7. The summed E-state index contributed by atoms with van der Waals surface area (Å²) in [6.07, 6.45) is 0.446. The van der Waals surface area contributed by atoms with Crippen LogP contribution in [0.25, 0.3) is 0 Å². The van der Waals surface area contributed by atoms with Crippen LogP contribution in [-0.4, -0.2) is 53.0 Å².